The van der Waals surface area contributed by atoms with Gasteiger partial charge in [0.2, 0.25) is 0 Å². The molecule has 3 rings (SSSR count). The van der Waals surface area contributed by atoms with E-state index < -0.39 is 0 Å². The number of benzene rings is 1. The van der Waals surface area contributed by atoms with Gasteiger partial charge in [0.05, 0.1) is 18.0 Å². The number of amides is 1. The molecule has 1 N–H and O–H groups in total. The van der Waals surface area contributed by atoms with Crippen molar-refractivity contribution in [2.45, 2.75) is 0 Å². The number of phenols is 1. The molecule has 5 nitrogen and oxygen atoms in total. The number of aromatic nitrogens is 2. The maximum atomic E-state index is 12.4. The maximum Gasteiger partial charge on any atom is 0.258 e. The summed E-state index contributed by atoms with van der Waals surface area (Å²) in [5.74, 6) is 0.0645. The van der Waals surface area contributed by atoms with Gasteiger partial charge in [0.15, 0.2) is 0 Å². The van der Waals surface area contributed by atoms with Crippen molar-refractivity contribution in [3.05, 3.63) is 60.7 Å². The van der Waals surface area contributed by atoms with Crippen LogP contribution >= 0.6 is 0 Å². The first kappa shape index (κ1) is 12.2. The molecule has 2 aromatic heterocycles. The van der Waals surface area contributed by atoms with Crippen molar-refractivity contribution in [3.63, 3.8) is 0 Å². The summed E-state index contributed by atoms with van der Waals surface area (Å²) in [5.41, 5.74) is 2.18. The molecule has 2 heterocycles. The number of anilines is 1. The summed E-state index contributed by atoms with van der Waals surface area (Å²) in [4.78, 5) is 18.0. The van der Waals surface area contributed by atoms with Crippen LogP contribution in [0.2, 0.25) is 0 Å². The minimum absolute atomic E-state index is 0.112. The number of nitrogens with zero attached hydrogens (tertiary/aromatic N) is 3. The molecule has 100 valence electrons. The topological polar surface area (TPSA) is 57.8 Å². The molecular weight excluding hydrogens is 254 g/mol. The Kier molecular flexibility index (Phi) is 2.87. The SMILES string of the molecule is CN(C(=O)c1ccn2cncc2c1)c1ccc(O)cc1. The molecule has 0 atom stereocenters. The first-order valence-corrected chi connectivity index (χ1v) is 6.14. The highest BCUT2D eigenvalue weighted by molar-refractivity contribution is 6.06. The maximum absolute atomic E-state index is 12.4. The fraction of sp³-hybridized carbons (Fsp3) is 0.0667. The molecule has 0 saturated heterocycles. The molecule has 0 aliphatic carbocycles. The highest BCUT2D eigenvalue weighted by atomic mass is 16.3. The van der Waals surface area contributed by atoms with Crippen LogP contribution in [0.1, 0.15) is 10.4 Å². The smallest absolute Gasteiger partial charge is 0.258 e. The number of aromatic hydroxyl groups is 1. The van der Waals surface area contributed by atoms with Crippen LogP contribution < -0.4 is 4.90 Å². The first-order valence-electron chi connectivity index (χ1n) is 6.14. The fourth-order valence-electron chi connectivity index (χ4n) is 2.04. The number of imidazole rings is 1. The number of hydrogen-bond acceptors (Lipinski definition) is 3. The van der Waals surface area contributed by atoms with Gasteiger partial charge in [-0.3, -0.25) is 4.79 Å². The van der Waals surface area contributed by atoms with Gasteiger partial charge in [-0.25, -0.2) is 4.98 Å². The van der Waals surface area contributed by atoms with E-state index in [4.69, 9.17) is 0 Å². The molecule has 0 saturated carbocycles. The Morgan fingerprint density at radius 1 is 1.25 bits per heavy atom. The van der Waals surface area contributed by atoms with Crippen LogP contribution in [0.15, 0.2) is 55.1 Å². The molecule has 0 aliphatic heterocycles. The van der Waals surface area contributed by atoms with Crippen molar-refractivity contribution in [2.75, 3.05) is 11.9 Å². The lowest BCUT2D eigenvalue weighted by atomic mass is 10.2. The summed E-state index contributed by atoms with van der Waals surface area (Å²) in [6.07, 6.45) is 5.20. The minimum atomic E-state index is -0.112. The molecule has 20 heavy (non-hydrogen) atoms. The first-order chi connectivity index (χ1) is 9.65. The lowest BCUT2D eigenvalue weighted by molar-refractivity contribution is 0.0993. The standard InChI is InChI=1S/C15H13N3O2/c1-17(12-2-4-14(19)5-3-12)15(20)11-6-7-18-10-16-9-13(18)8-11/h2-10,19H,1H3. The van der Waals surface area contributed by atoms with E-state index in [1.54, 1.807) is 67.1 Å². The Morgan fingerprint density at radius 2 is 2.00 bits per heavy atom. The molecule has 3 aromatic rings. The molecule has 0 aliphatic rings. The van der Waals surface area contributed by atoms with Gasteiger partial charge in [0.25, 0.3) is 5.91 Å². The van der Waals surface area contributed by atoms with Crippen LogP contribution in [-0.4, -0.2) is 27.4 Å². The zero-order valence-electron chi connectivity index (χ0n) is 10.9. The molecule has 0 fully saturated rings. The minimum Gasteiger partial charge on any atom is -0.508 e. The zero-order chi connectivity index (χ0) is 14.1. The second-order valence-electron chi connectivity index (χ2n) is 4.52. The quantitative estimate of drug-likeness (QED) is 0.775. The van der Waals surface area contributed by atoms with Crippen LogP contribution in [0.3, 0.4) is 0 Å². The van der Waals surface area contributed by atoms with Gasteiger partial charge in [0.1, 0.15) is 5.75 Å². The molecule has 1 aromatic carbocycles. The van der Waals surface area contributed by atoms with Gasteiger partial charge in [-0.1, -0.05) is 0 Å². The summed E-state index contributed by atoms with van der Waals surface area (Å²) < 4.78 is 1.84. The van der Waals surface area contributed by atoms with Gasteiger partial charge >= 0.3 is 0 Å². The Morgan fingerprint density at radius 3 is 2.75 bits per heavy atom. The predicted octanol–water partition coefficient (Wildman–Crippen LogP) is 2.32. The molecule has 0 radical (unpaired) electrons. The van der Waals surface area contributed by atoms with E-state index in [1.165, 1.54) is 0 Å². The summed E-state index contributed by atoms with van der Waals surface area (Å²) in [7, 11) is 1.70. The third kappa shape index (κ3) is 2.09. The van der Waals surface area contributed by atoms with E-state index in [1.807, 2.05) is 4.40 Å². The second kappa shape index (κ2) is 4.70. The number of hydrogen-bond donors (Lipinski definition) is 1. The highest BCUT2D eigenvalue weighted by Gasteiger charge is 2.14. The molecule has 0 unspecified atom stereocenters. The number of phenolic OH excluding ortho intramolecular Hbond substituents is 1. The van der Waals surface area contributed by atoms with Crippen LogP contribution in [0.5, 0.6) is 5.75 Å². The van der Waals surface area contributed by atoms with Crippen LogP contribution in [0, 0.1) is 0 Å². The van der Waals surface area contributed by atoms with E-state index >= 15 is 0 Å². The van der Waals surface area contributed by atoms with Crippen LogP contribution in [-0.2, 0) is 0 Å². The van der Waals surface area contributed by atoms with Gasteiger partial charge in [0, 0.05) is 24.5 Å². The van der Waals surface area contributed by atoms with E-state index in [-0.39, 0.29) is 11.7 Å². The number of fused-ring (bicyclic) bond motifs is 1. The van der Waals surface area contributed by atoms with E-state index in [2.05, 4.69) is 4.98 Å². The van der Waals surface area contributed by atoms with Crippen molar-refractivity contribution in [1.82, 2.24) is 9.38 Å². The Balaban J connectivity index is 1.92. The molecular formula is C15H13N3O2. The normalized spacial score (nSPS) is 10.7. The molecule has 0 spiro atoms. The zero-order valence-corrected chi connectivity index (χ0v) is 10.9. The van der Waals surface area contributed by atoms with Crippen molar-refractivity contribution in [2.24, 2.45) is 0 Å². The van der Waals surface area contributed by atoms with Crippen molar-refractivity contribution >= 4 is 17.1 Å². The third-order valence-electron chi connectivity index (χ3n) is 3.20. The molecule has 5 heteroatoms. The fourth-order valence-corrected chi connectivity index (χ4v) is 2.04. The van der Waals surface area contributed by atoms with E-state index in [0.29, 0.717) is 5.56 Å². The molecule has 0 bridgehead atoms. The summed E-state index contributed by atoms with van der Waals surface area (Å²) in [6, 6.07) is 10.1. The lowest BCUT2D eigenvalue weighted by Crippen LogP contribution is -2.26. The average molecular weight is 267 g/mol. The predicted molar refractivity (Wildman–Crippen MR) is 76.0 cm³/mol. The Bertz CT molecular complexity index is 762. The van der Waals surface area contributed by atoms with E-state index in [9.17, 15) is 9.90 Å². The van der Waals surface area contributed by atoms with Gasteiger partial charge in [-0.2, -0.15) is 0 Å². The van der Waals surface area contributed by atoms with Crippen molar-refractivity contribution < 1.29 is 9.90 Å². The van der Waals surface area contributed by atoms with E-state index in [0.717, 1.165) is 11.2 Å². The summed E-state index contributed by atoms with van der Waals surface area (Å²) in [5, 5.41) is 9.28. The Labute approximate surface area is 115 Å². The number of carbonyl (C=O) groups is 1. The third-order valence-corrected chi connectivity index (χ3v) is 3.20. The number of rotatable bonds is 2. The van der Waals surface area contributed by atoms with Crippen molar-refractivity contribution in [1.29, 1.82) is 0 Å². The van der Waals surface area contributed by atoms with Crippen molar-refractivity contribution in [3.8, 4) is 5.75 Å². The van der Waals surface area contributed by atoms with Gasteiger partial charge in [-0.05, 0) is 36.4 Å². The van der Waals surface area contributed by atoms with Gasteiger partial charge in [-0.15, -0.1) is 0 Å². The van der Waals surface area contributed by atoms with Crippen LogP contribution in [0.25, 0.3) is 5.52 Å². The average Bonchev–Trinajstić information content (AvgIpc) is 2.94. The number of carbonyl (C=O) groups excluding carboxylic acids is 1. The Hall–Kier alpha value is -2.82. The summed E-state index contributed by atoms with van der Waals surface area (Å²) >= 11 is 0. The molecule has 1 amide bonds. The van der Waals surface area contributed by atoms with Gasteiger partial charge < -0.3 is 14.4 Å². The second-order valence-corrected chi connectivity index (χ2v) is 4.52. The number of pyridine rings is 1. The van der Waals surface area contributed by atoms with Crippen LogP contribution in [0.4, 0.5) is 5.69 Å². The largest absolute Gasteiger partial charge is 0.508 e. The monoisotopic (exact) mass is 267 g/mol. The summed E-state index contributed by atoms with van der Waals surface area (Å²) in [6.45, 7) is 0. The lowest BCUT2D eigenvalue weighted by Gasteiger charge is -2.17. The highest BCUT2D eigenvalue weighted by Crippen LogP contribution is 2.19.